The molecule has 2 atom stereocenters. The number of rotatable bonds is 10. The molecule has 4 amide bonds. The van der Waals surface area contributed by atoms with Crippen LogP contribution in [-0.4, -0.2) is 87.4 Å². The highest BCUT2D eigenvalue weighted by Crippen LogP contribution is 2.38. The van der Waals surface area contributed by atoms with E-state index in [0.717, 1.165) is 12.0 Å². The fourth-order valence-corrected chi connectivity index (χ4v) is 3.48. The number of benzene rings is 1. The molecule has 0 spiro atoms. The van der Waals surface area contributed by atoms with Crippen LogP contribution < -0.4 is 24.8 Å². The lowest BCUT2D eigenvalue weighted by Gasteiger charge is -2.31. The standard InChI is InChI=1S/C21H26ClN3O9/c1-31-14-7-11(8-15(32-2)18(14)33-3)19(28)24-12-5-6-17(27)25(20(12)29)10-16(26)23-13(9-22)21(30)34-4/h7-8,12-13H,5-6,9-10H2,1-4H3,(H,23,26)(H,24,28)/t12-,13+/m0/s1. The van der Waals surface area contributed by atoms with Gasteiger partial charge in [0.2, 0.25) is 17.6 Å². The Kier molecular flexibility index (Phi) is 9.48. The van der Waals surface area contributed by atoms with Gasteiger partial charge in [-0.2, -0.15) is 0 Å². The zero-order valence-corrected chi connectivity index (χ0v) is 19.9. The van der Waals surface area contributed by atoms with Crippen LogP contribution in [0, 0.1) is 0 Å². The summed E-state index contributed by atoms with van der Waals surface area (Å²) in [6, 6.07) is 0.644. The zero-order chi connectivity index (χ0) is 25.4. The van der Waals surface area contributed by atoms with Crippen molar-refractivity contribution in [2.24, 2.45) is 0 Å². The minimum atomic E-state index is -1.13. The normalized spacial score (nSPS) is 16.4. The first-order valence-corrected chi connectivity index (χ1v) is 10.6. The van der Waals surface area contributed by atoms with Crippen LogP contribution in [0.5, 0.6) is 17.2 Å². The molecule has 1 aliphatic rings. The number of esters is 1. The molecule has 2 N–H and O–H groups in total. The van der Waals surface area contributed by atoms with Gasteiger partial charge >= 0.3 is 5.97 Å². The van der Waals surface area contributed by atoms with Gasteiger partial charge in [-0.05, 0) is 18.6 Å². The Labute approximate surface area is 200 Å². The lowest BCUT2D eigenvalue weighted by atomic mass is 10.0. The maximum absolute atomic E-state index is 12.9. The Balaban J connectivity index is 2.14. The summed E-state index contributed by atoms with van der Waals surface area (Å²) in [6.07, 6.45) is -0.0203. The van der Waals surface area contributed by atoms with Gasteiger partial charge in [-0.25, -0.2) is 4.79 Å². The molecular formula is C21H26ClN3O9. The van der Waals surface area contributed by atoms with Crippen LogP contribution in [0.3, 0.4) is 0 Å². The van der Waals surface area contributed by atoms with Crippen molar-refractivity contribution < 1.29 is 42.9 Å². The van der Waals surface area contributed by atoms with Gasteiger partial charge in [-0.3, -0.25) is 24.1 Å². The fourth-order valence-electron chi connectivity index (χ4n) is 3.28. The van der Waals surface area contributed by atoms with Crippen molar-refractivity contribution in [2.75, 3.05) is 40.9 Å². The Morgan fingerprint density at radius 2 is 1.71 bits per heavy atom. The van der Waals surface area contributed by atoms with Gasteiger partial charge in [0.25, 0.3) is 11.8 Å². The topological polar surface area (TPSA) is 150 Å². The SMILES string of the molecule is COC(=O)[C@@H](CCl)NC(=O)CN1C(=O)CC[C@H](NC(=O)c2cc(OC)c(OC)c(OC)c2)C1=O. The number of amides is 4. The Bertz CT molecular complexity index is 944. The summed E-state index contributed by atoms with van der Waals surface area (Å²) in [5.74, 6) is -2.99. The Morgan fingerprint density at radius 3 is 2.21 bits per heavy atom. The van der Waals surface area contributed by atoms with E-state index in [2.05, 4.69) is 15.4 Å². The van der Waals surface area contributed by atoms with Crippen LogP contribution in [0.1, 0.15) is 23.2 Å². The lowest BCUT2D eigenvalue weighted by Crippen LogP contribution is -2.57. The monoisotopic (exact) mass is 499 g/mol. The number of ether oxygens (including phenoxy) is 4. The molecule has 1 fully saturated rings. The molecule has 0 aliphatic carbocycles. The molecule has 0 saturated carbocycles. The second kappa shape index (κ2) is 12.1. The van der Waals surface area contributed by atoms with Gasteiger partial charge < -0.3 is 29.6 Å². The minimum absolute atomic E-state index is 0.0540. The summed E-state index contributed by atoms with van der Waals surface area (Å²) in [5, 5.41) is 4.87. The first-order valence-electron chi connectivity index (χ1n) is 10.1. The maximum atomic E-state index is 12.9. The van der Waals surface area contributed by atoms with Crippen molar-refractivity contribution in [3.8, 4) is 17.2 Å². The third kappa shape index (κ3) is 6.07. The van der Waals surface area contributed by atoms with Crippen molar-refractivity contribution in [3.05, 3.63) is 17.7 Å². The molecule has 0 aromatic heterocycles. The van der Waals surface area contributed by atoms with Crippen LogP contribution in [0.2, 0.25) is 0 Å². The minimum Gasteiger partial charge on any atom is -0.493 e. The van der Waals surface area contributed by atoms with E-state index < -0.39 is 48.2 Å². The van der Waals surface area contributed by atoms with E-state index in [9.17, 15) is 24.0 Å². The van der Waals surface area contributed by atoms with Crippen molar-refractivity contribution in [2.45, 2.75) is 24.9 Å². The van der Waals surface area contributed by atoms with Crippen LogP contribution in [0.25, 0.3) is 0 Å². The summed E-state index contributed by atoms with van der Waals surface area (Å²) in [5.41, 5.74) is 0.131. The molecule has 2 rings (SSSR count). The van der Waals surface area contributed by atoms with Gasteiger partial charge in [0.1, 0.15) is 18.6 Å². The van der Waals surface area contributed by atoms with Crippen LogP contribution in [0.4, 0.5) is 0 Å². The molecule has 1 aliphatic heterocycles. The Morgan fingerprint density at radius 1 is 1.09 bits per heavy atom. The van der Waals surface area contributed by atoms with Crippen LogP contribution in [0.15, 0.2) is 12.1 Å². The number of carbonyl (C=O) groups excluding carboxylic acids is 5. The van der Waals surface area contributed by atoms with E-state index in [1.807, 2.05) is 0 Å². The largest absolute Gasteiger partial charge is 0.493 e. The fraction of sp³-hybridized carbons (Fsp3) is 0.476. The number of carbonyl (C=O) groups is 5. The lowest BCUT2D eigenvalue weighted by molar-refractivity contribution is -0.152. The van der Waals surface area contributed by atoms with E-state index >= 15 is 0 Å². The first kappa shape index (κ1) is 26.7. The number of likely N-dealkylation sites (tertiary alicyclic amines) is 1. The third-order valence-corrected chi connectivity index (χ3v) is 5.33. The molecule has 186 valence electrons. The van der Waals surface area contributed by atoms with Gasteiger partial charge in [-0.1, -0.05) is 0 Å². The summed E-state index contributed by atoms with van der Waals surface area (Å²) in [4.78, 5) is 62.6. The summed E-state index contributed by atoms with van der Waals surface area (Å²) in [6.45, 7) is -0.640. The van der Waals surface area contributed by atoms with E-state index in [0.29, 0.717) is 5.75 Å². The maximum Gasteiger partial charge on any atom is 0.329 e. The van der Waals surface area contributed by atoms with E-state index in [1.165, 1.54) is 33.5 Å². The highest BCUT2D eigenvalue weighted by molar-refractivity contribution is 6.20. The van der Waals surface area contributed by atoms with Crippen molar-refractivity contribution >= 4 is 41.2 Å². The Hall–Kier alpha value is -3.54. The number of piperidine rings is 1. The van der Waals surface area contributed by atoms with Crippen LogP contribution >= 0.6 is 11.6 Å². The molecule has 1 aromatic rings. The van der Waals surface area contributed by atoms with Gasteiger partial charge in [-0.15, -0.1) is 11.6 Å². The molecule has 34 heavy (non-hydrogen) atoms. The summed E-state index contributed by atoms with van der Waals surface area (Å²) < 4.78 is 20.2. The predicted molar refractivity (Wildman–Crippen MR) is 118 cm³/mol. The second-order valence-electron chi connectivity index (χ2n) is 7.09. The molecule has 0 unspecified atom stereocenters. The van der Waals surface area contributed by atoms with E-state index in [1.54, 1.807) is 0 Å². The molecule has 0 radical (unpaired) electrons. The summed E-state index contributed by atoms with van der Waals surface area (Å²) in [7, 11) is 5.34. The highest BCUT2D eigenvalue weighted by atomic mass is 35.5. The quantitative estimate of drug-likeness (QED) is 0.254. The first-order chi connectivity index (χ1) is 16.2. The predicted octanol–water partition coefficient (Wildman–Crippen LogP) is -0.144. The zero-order valence-electron chi connectivity index (χ0n) is 19.1. The van der Waals surface area contributed by atoms with Crippen molar-refractivity contribution in [1.29, 1.82) is 0 Å². The number of imide groups is 1. The average molecular weight is 500 g/mol. The third-order valence-electron chi connectivity index (χ3n) is 5.02. The number of halogens is 1. The number of alkyl halides is 1. The van der Waals surface area contributed by atoms with Gasteiger partial charge in [0.05, 0.1) is 34.3 Å². The smallest absolute Gasteiger partial charge is 0.329 e. The van der Waals surface area contributed by atoms with Crippen LogP contribution in [-0.2, 0) is 23.9 Å². The summed E-state index contributed by atoms with van der Waals surface area (Å²) >= 11 is 5.65. The molecule has 1 saturated heterocycles. The number of nitrogens with zero attached hydrogens (tertiary/aromatic N) is 1. The van der Waals surface area contributed by atoms with E-state index in [4.69, 9.17) is 25.8 Å². The van der Waals surface area contributed by atoms with E-state index in [-0.39, 0.29) is 35.8 Å². The molecule has 1 heterocycles. The molecule has 1 aromatic carbocycles. The molecule has 0 bridgehead atoms. The number of hydrogen-bond acceptors (Lipinski definition) is 9. The van der Waals surface area contributed by atoms with Gasteiger partial charge in [0.15, 0.2) is 11.5 Å². The van der Waals surface area contributed by atoms with Crippen molar-refractivity contribution in [3.63, 3.8) is 0 Å². The average Bonchev–Trinajstić information content (AvgIpc) is 2.84. The number of methoxy groups -OCH3 is 4. The highest BCUT2D eigenvalue weighted by Gasteiger charge is 2.37. The molecular weight excluding hydrogens is 474 g/mol. The number of nitrogens with one attached hydrogen (secondary N) is 2. The molecule has 13 heteroatoms. The molecule has 12 nitrogen and oxygen atoms in total. The van der Waals surface area contributed by atoms with Gasteiger partial charge in [0, 0.05) is 12.0 Å². The van der Waals surface area contributed by atoms with Crippen molar-refractivity contribution in [1.82, 2.24) is 15.5 Å². The second-order valence-corrected chi connectivity index (χ2v) is 7.40. The number of hydrogen-bond donors (Lipinski definition) is 2.